The fourth-order valence-electron chi connectivity index (χ4n) is 2.04. The molecule has 4 nitrogen and oxygen atoms in total. The zero-order valence-electron chi connectivity index (χ0n) is 11.6. The van der Waals surface area contributed by atoms with Gasteiger partial charge in [0.2, 0.25) is 0 Å². The van der Waals surface area contributed by atoms with E-state index >= 15 is 0 Å². The van der Waals surface area contributed by atoms with Gasteiger partial charge in [0.1, 0.15) is 0 Å². The Morgan fingerprint density at radius 2 is 2.00 bits per heavy atom. The fourth-order valence-corrected chi connectivity index (χ4v) is 2.04. The second-order valence-corrected chi connectivity index (χ2v) is 5.07. The maximum atomic E-state index is 6.11. The van der Waals surface area contributed by atoms with Crippen LogP contribution in [0.15, 0.2) is 12.5 Å². The first-order valence-electron chi connectivity index (χ1n) is 6.50. The van der Waals surface area contributed by atoms with E-state index in [1.807, 2.05) is 26.4 Å². The van der Waals surface area contributed by atoms with Gasteiger partial charge in [0.25, 0.3) is 0 Å². The quantitative estimate of drug-likeness (QED) is 0.788. The number of aryl methyl sites for hydroxylation is 1. The lowest BCUT2D eigenvalue weighted by Crippen LogP contribution is -2.32. The van der Waals surface area contributed by atoms with Crippen LogP contribution in [-0.2, 0) is 12.1 Å². The zero-order chi connectivity index (χ0) is 12.9. The van der Waals surface area contributed by atoms with Crippen molar-refractivity contribution >= 4 is 0 Å². The van der Waals surface area contributed by atoms with Crippen molar-refractivity contribution in [1.82, 2.24) is 14.5 Å². The third-order valence-corrected chi connectivity index (χ3v) is 3.14. The van der Waals surface area contributed by atoms with Crippen molar-refractivity contribution in [1.29, 1.82) is 0 Å². The van der Waals surface area contributed by atoms with Crippen LogP contribution < -0.4 is 5.73 Å². The monoisotopic (exact) mass is 238 g/mol. The fraction of sp³-hybridized carbons (Fsp3) is 0.769. The van der Waals surface area contributed by atoms with Gasteiger partial charge >= 0.3 is 0 Å². The summed E-state index contributed by atoms with van der Waals surface area (Å²) in [6.07, 6.45) is 4.89. The molecule has 0 fully saturated rings. The second kappa shape index (κ2) is 6.17. The van der Waals surface area contributed by atoms with E-state index in [-0.39, 0.29) is 5.54 Å². The molecule has 0 radical (unpaired) electrons. The molecule has 1 heterocycles. The topological polar surface area (TPSA) is 47.1 Å². The molecule has 0 aromatic carbocycles. The predicted octanol–water partition coefficient (Wildman–Crippen LogP) is 1.81. The van der Waals surface area contributed by atoms with Gasteiger partial charge in [-0.3, -0.25) is 0 Å². The highest BCUT2D eigenvalue weighted by Gasteiger charge is 2.18. The zero-order valence-corrected chi connectivity index (χ0v) is 11.6. The minimum atomic E-state index is -0.314. The lowest BCUT2D eigenvalue weighted by atomic mass is 10.0. The molecule has 0 unspecified atom stereocenters. The third kappa shape index (κ3) is 4.13. The summed E-state index contributed by atoms with van der Waals surface area (Å²) in [4.78, 5) is 6.63. The van der Waals surface area contributed by atoms with Crippen LogP contribution in [0.1, 0.15) is 39.8 Å². The van der Waals surface area contributed by atoms with Crippen molar-refractivity contribution in [2.45, 2.75) is 46.2 Å². The molecule has 0 bridgehead atoms. The van der Waals surface area contributed by atoms with Crippen molar-refractivity contribution in [3.63, 3.8) is 0 Å². The van der Waals surface area contributed by atoms with E-state index in [0.717, 1.165) is 38.3 Å². The molecule has 17 heavy (non-hydrogen) atoms. The molecule has 0 aliphatic carbocycles. The van der Waals surface area contributed by atoms with Gasteiger partial charge in [-0.2, -0.15) is 0 Å². The van der Waals surface area contributed by atoms with Crippen molar-refractivity contribution in [3.8, 4) is 0 Å². The van der Waals surface area contributed by atoms with E-state index < -0.39 is 0 Å². The number of hydrogen-bond donors (Lipinski definition) is 1. The van der Waals surface area contributed by atoms with E-state index in [9.17, 15) is 0 Å². The SMILES string of the molecule is CCN(CC)CCCn1cncc1C(C)(C)N. The molecule has 0 aliphatic rings. The summed E-state index contributed by atoms with van der Waals surface area (Å²) in [5.74, 6) is 0. The Hall–Kier alpha value is -0.870. The molecule has 4 heteroatoms. The Bertz CT molecular complexity index is 320. The maximum absolute atomic E-state index is 6.11. The molecule has 1 aromatic rings. The summed E-state index contributed by atoms with van der Waals surface area (Å²) < 4.78 is 2.17. The summed E-state index contributed by atoms with van der Waals surface area (Å²) in [6.45, 7) is 12.8. The van der Waals surface area contributed by atoms with Crippen LogP contribution in [-0.4, -0.2) is 34.1 Å². The van der Waals surface area contributed by atoms with Crippen molar-refractivity contribution in [2.75, 3.05) is 19.6 Å². The standard InChI is InChI=1S/C13H26N4/c1-5-16(6-2)8-7-9-17-11-15-10-12(17)13(3,4)14/h10-11H,5-9,14H2,1-4H3. The summed E-state index contributed by atoms with van der Waals surface area (Å²) >= 11 is 0. The molecular weight excluding hydrogens is 212 g/mol. The Labute approximate surface area is 105 Å². The molecule has 0 spiro atoms. The Kier molecular flexibility index (Phi) is 5.15. The van der Waals surface area contributed by atoms with Crippen molar-refractivity contribution < 1.29 is 0 Å². The lowest BCUT2D eigenvalue weighted by Gasteiger charge is -2.22. The van der Waals surface area contributed by atoms with Gasteiger partial charge in [-0.1, -0.05) is 13.8 Å². The first-order chi connectivity index (χ1) is 7.99. The average molecular weight is 238 g/mol. The number of nitrogens with two attached hydrogens (primary N) is 1. The molecule has 0 amide bonds. The van der Waals surface area contributed by atoms with Gasteiger partial charge in [0.05, 0.1) is 17.6 Å². The van der Waals surface area contributed by atoms with Crippen LogP contribution in [0, 0.1) is 0 Å². The Morgan fingerprint density at radius 3 is 2.53 bits per heavy atom. The van der Waals surface area contributed by atoms with E-state index in [0.29, 0.717) is 0 Å². The lowest BCUT2D eigenvalue weighted by molar-refractivity contribution is 0.291. The minimum Gasteiger partial charge on any atom is -0.333 e. The molecule has 98 valence electrons. The molecule has 1 rings (SSSR count). The van der Waals surface area contributed by atoms with Crippen LogP contribution >= 0.6 is 0 Å². The van der Waals surface area contributed by atoms with E-state index in [1.54, 1.807) is 0 Å². The smallest absolute Gasteiger partial charge is 0.0948 e. The van der Waals surface area contributed by atoms with Gasteiger partial charge in [0, 0.05) is 12.7 Å². The minimum absolute atomic E-state index is 0.314. The largest absolute Gasteiger partial charge is 0.333 e. The van der Waals surface area contributed by atoms with Gasteiger partial charge in [-0.05, 0) is 39.9 Å². The van der Waals surface area contributed by atoms with Crippen molar-refractivity contribution in [2.24, 2.45) is 5.73 Å². The van der Waals surface area contributed by atoms with Gasteiger partial charge in [-0.25, -0.2) is 4.98 Å². The third-order valence-electron chi connectivity index (χ3n) is 3.14. The molecule has 0 saturated carbocycles. The second-order valence-electron chi connectivity index (χ2n) is 5.07. The first-order valence-corrected chi connectivity index (χ1v) is 6.50. The van der Waals surface area contributed by atoms with Gasteiger partial charge in [-0.15, -0.1) is 0 Å². The number of hydrogen-bond acceptors (Lipinski definition) is 3. The molecular formula is C13H26N4. The van der Waals surface area contributed by atoms with E-state index in [1.165, 1.54) is 0 Å². The van der Waals surface area contributed by atoms with E-state index in [2.05, 4.69) is 28.3 Å². The van der Waals surface area contributed by atoms with Crippen LogP contribution in [0.25, 0.3) is 0 Å². The highest BCUT2D eigenvalue weighted by molar-refractivity contribution is 5.09. The molecule has 0 saturated heterocycles. The Morgan fingerprint density at radius 1 is 1.35 bits per heavy atom. The summed E-state index contributed by atoms with van der Waals surface area (Å²) in [5, 5.41) is 0. The predicted molar refractivity (Wildman–Crippen MR) is 71.8 cm³/mol. The van der Waals surface area contributed by atoms with Gasteiger partial charge < -0.3 is 15.2 Å². The van der Waals surface area contributed by atoms with Crippen LogP contribution in [0.5, 0.6) is 0 Å². The summed E-state index contributed by atoms with van der Waals surface area (Å²) in [6, 6.07) is 0. The maximum Gasteiger partial charge on any atom is 0.0948 e. The number of nitrogens with zero attached hydrogens (tertiary/aromatic N) is 3. The van der Waals surface area contributed by atoms with Crippen LogP contribution in [0.2, 0.25) is 0 Å². The highest BCUT2D eigenvalue weighted by Crippen LogP contribution is 2.16. The number of aromatic nitrogens is 2. The first kappa shape index (κ1) is 14.2. The normalized spacial score (nSPS) is 12.4. The number of imidazole rings is 1. The van der Waals surface area contributed by atoms with Crippen LogP contribution in [0.3, 0.4) is 0 Å². The molecule has 0 aliphatic heterocycles. The Balaban J connectivity index is 2.50. The van der Waals surface area contributed by atoms with Crippen molar-refractivity contribution in [3.05, 3.63) is 18.2 Å². The van der Waals surface area contributed by atoms with E-state index in [4.69, 9.17) is 5.73 Å². The average Bonchev–Trinajstić information content (AvgIpc) is 2.72. The molecule has 0 atom stereocenters. The van der Waals surface area contributed by atoms with Gasteiger partial charge in [0.15, 0.2) is 0 Å². The number of rotatable bonds is 7. The molecule has 1 aromatic heterocycles. The summed E-state index contributed by atoms with van der Waals surface area (Å²) in [5.41, 5.74) is 6.91. The highest BCUT2D eigenvalue weighted by atomic mass is 15.1. The van der Waals surface area contributed by atoms with Crippen LogP contribution in [0.4, 0.5) is 0 Å². The molecule has 2 N–H and O–H groups in total. The summed E-state index contributed by atoms with van der Waals surface area (Å²) in [7, 11) is 0.